The maximum absolute atomic E-state index is 12.6. The lowest BCUT2D eigenvalue weighted by atomic mass is 9.77. The van der Waals surface area contributed by atoms with Crippen LogP contribution in [0.5, 0.6) is 0 Å². The van der Waals surface area contributed by atoms with Gasteiger partial charge in [-0.05, 0) is 56.6 Å². The summed E-state index contributed by atoms with van der Waals surface area (Å²) in [4.78, 5) is 12.6. The first-order chi connectivity index (χ1) is 10.1. The van der Waals surface area contributed by atoms with E-state index in [0.29, 0.717) is 18.2 Å². The minimum Gasteiger partial charge on any atom is -0.304 e. The number of ketones is 1. The van der Waals surface area contributed by atoms with Crippen LogP contribution in [0.3, 0.4) is 0 Å². The lowest BCUT2D eigenvalue weighted by Crippen LogP contribution is -2.52. The predicted molar refractivity (Wildman–Crippen MR) is 86.5 cm³/mol. The summed E-state index contributed by atoms with van der Waals surface area (Å²) < 4.78 is 0. The third kappa shape index (κ3) is 3.37. The average Bonchev–Trinajstić information content (AvgIpc) is 2.50. The molecule has 0 aromatic heterocycles. The maximum Gasteiger partial charge on any atom is 0.154 e. The van der Waals surface area contributed by atoms with Gasteiger partial charge in [-0.1, -0.05) is 36.6 Å². The van der Waals surface area contributed by atoms with Crippen LogP contribution in [0, 0.1) is 19.8 Å². The Labute approximate surface area is 128 Å². The zero-order valence-electron chi connectivity index (χ0n) is 13.3. The number of nitrogens with one attached hydrogen (secondary N) is 1. The number of hydrogen-bond donors (Lipinski definition) is 1. The van der Waals surface area contributed by atoms with Crippen molar-refractivity contribution in [1.82, 2.24) is 5.32 Å². The number of rotatable bonds is 3. The second-order valence-electron chi connectivity index (χ2n) is 7.02. The number of hydrogen-bond acceptors (Lipinski definition) is 2. The van der Waals surface area contributed by atoms with Crippen LogP contribution in [0.15, 0.2) is 18.2 Å². The Morgan fingerprint density at radius 2 is 1.95 bits per heavy atom. The minimum absolute atomic E-state index is 0.0873. The van der Waals surface area contributed by atoms with Crippen LogP contribution in [0.1, 0.15) is 55.2 Å². The van der Waals surface area contributed by atoms with Crippen LogP contribution in [0.4, 0.5) is 0 Å². The largest absolute Gasteiger partial charge is 0.304 e. The monoisotopic (exact) mass is 285 g/mol. The summed E-state index contributed by atoms with van der Waals surface area (Å²) in [5, 5.41) is 3.66. The van der Waals surface area contributed by atoms with Crippen molar-refractivity contribution in [2.75, 3.05) is 0 Å². The quantitative estimate of drug-likeness (QED) is 0.917. The molecule has 1 aromatic carbocycles. The highest BCUT2D eigenvalue weighted by molar-refractivity contribution is 5.86. The molecule has 2 aliphatic rings. The Kier molecular flexibility index (Phi) is 4.44. The molecule has 1 heterocycles. The minimum atomic E-state index is 0.0873. The van der Waals surface area contributed by atoms with Crippen molar-refractivity contribution < 1.29 is 4.79 Å². The number of piperidine rings is 1. The van der Waals surface area contributed by atoms with E-state index in [4.69, 9.17) is 0 Å². The molecular formula is C19H27NO. The Morgan fingerprint density at radius 1 is 1.14 bits per heavy atom. The van der Waals surface area contributed by atoms with Gasteiger partial charge in [0.1, 0.15) is 0 Å². The summed E-state index contributed by atoms with van der Waals surface area (Å²) in [6.45, 7) is 4.20. The number of Topliss-reactive ketones (excluding diaryl/α,β-unsaturated/α-hetero) is 1. The molecule has 114 valence electrons. The molecule has 3 unspecified atom stereocenters. The summed E-state index contributed by atoms with van der Waals surface area (Å²) in [5.74, 6) is 1.20. The van der Waals surface area contributed by atoms with Crippen molar-refractivity contribution >= 4 is 5.78 Å². The van der Waals surface area contributed by atoms with Gasteiger partial charge in [0.05, 0.1) is 6.04 Å². The van der Waals surface area contributed by atoms with E-state index in [0.717, 1.165) is 12.3 Å². The van der Waals surface area contributed by atoms with Crippen LogP contribution in [0.25, 0.3) is 0 Å². The third-order valence-electron chi connectivity index (χ3n) is 5.41. The fraction of sp³-hybridized carbons (Fsp3) is 0.632. The fourth-order valence-electron chi connectivity index (χ4n) is 4.05. The van der Waals surface area contributed by atoms with Crippen LogP contribution in [-0.4, -0.2) is 17.9 Å². The number of carbonyl (C=O) groups excluding carboxylic acids is 1. The van der Waals surface area contributed by atoms with E-state index in [9.17, 15) is 4.79 Å². The summed E-state index contributed by atoms with van der Waals surface area (Å²) >= 11 is 0. The number of carbonyl (C=O) groups is 1. The molecule has 3 rings (SSSR count). The molecule has 1 saturated heterocycles. The first-order valence-corrected chi connectivity index (χ1v) is 8.48. The molecule has 1 saturated carbocycles. The first-order valence-electron chi connectivity index (χ1n) is 8.48. The van der Waals surface area contributed by atoms with Gasteiger partial charge in [-0.15, -0.1) is 0 Å². The van der Waals surface area contributed by atoms with Crippen molar-refractivity contribution in [3.8, 4) is 0 Å². The third-order valence-corrected chi connectivity index (χ3v) is 5.41. The van der Waals surface area contributed by atoms with Gasteiger partial charge in [-0.3, -0.25) is 4.79 Å². The van der Waals surface area contributed by atoms with Gasteiger partial charge in [0.2, 0.25) is 0 Å². The smallest absolute Gasteiger partial charge is 0.154 e. The lowest BCUT2D eigenvalue weighted by molar-refractivity contribution is -0.121. The van der Waals surface area contributed by atoms with E-state index in [1.807, 2.05) is 0 Å². The summed E-state index contributed by atoms with van der Waals surface area (Å²) in [6, 6.07) is 7.10. The summed E-state index contributed by atoms with van der Waals surface area (Å²) in [7, 11) is 0. The molecular weight excluding hydrogens is 258 g/mol. The van der Waals surface area contributed by atoms with Gasteiger partial charge in [0.25, 0.3) is 0 Å². The van der Waals surface area contributed by atoms with E-state index in [1.54, 1.807) is 0 Å². The molecule has 0 bridgehead atoms. The van der Waals surface area contributed by atoms with E-state index in [-0.39, 0.29) is 6.04 Å². The highest BCUT2D eigenvalue weighted by Crippen LogP contribution is 2.32. The molecule has 0 radical (unpaired) electrons. The Balaban J connectivity index is 1.64. The van der Waals surface area contributed by atoms with Crippen LogP contribution in [-0.2, 0) is 11.2 Å². The van der Waals surface area contributed by atoms with Crippen LogP contribution < -0.4 is 5.32 Å². The highest BCUT2D eigenvalue weighted by Gasteiger charge is 2.34. The predicted octanol–water partition coefficient (Wildman–Crippen LogP) is 3.73. The zero-order chi connectivity index (χ0) is 14.8. The topological polar surface area (TPSA) is 29.1 Å². The highest BCUT2D eigenvalue weighted by atomic mass is 16.1. The zero-order valence-corrected chi connectivity index (χ0v) is 13.3. The molecule has 0 amide bonds. The molecule has 3 atom stereocenters. The van der Waals surface area contributed by atoms with Crippen LogP contribution in [0.2, 0.25) is 0 Å². The molecule has 1 aromatic rings. The van der Waals surface area contributed by atoms with Crippen LogP contribution >= 0.6 is 0 Å². The van der Waals surface area contributed by atoms with Gasteiger partial charge in [-0.2, -0.15) is 0 Å². The van der Waals surface area contributed by atoms with Gasteiger partial charge in [0.15, 0.2) is 5.78 Å². The summed E-state index contributed by atoms with van der Waals surface area (Å²) in [6.07, 6.45) is 8.18. The van der Waals surface area contributed by atoms with Crippen molar-refractivity contribution in [2.24, 2.45) is 5.92 Å². The Hall–Kier alpha value is -1.15. The van der Waals surface area contributed by atoms with Gasteiger partial charge < -0.3 is 5.32 Å². The van der Waals surface area contributed by atoms with Crippen molar-refractivity contribution in [3.05, 3.63) is 34.9 Å². The second kappa shape index (κ2) is 6.31. The SMILES string of the molecule is Cc1ccc(C)c(CC(=O)C2CCC3CCCCC3N2)c1. The maximum atomic E-state index is 12.6. The van der Waals surface area contributed by atoms with Crippen molar-refractivity contribution in [2.45, 2.75) is 70.9 Å². The van der Waals surface area contributed by atoms with Crippen molar-refractivity contribution in [1.29, 1.82) is 0 Å². The molecule has 1 N–H and O–H groups in total. The first kappa shape index (κ1) is 14.8. The van der Waals surface area contributed by atoms with Gasteiger partial charge in [-0.25, -0.2) is 0 Å². The second-order valence-corrected chi connectivity index (χ2v) is 7.02. The molecule has 2 nitrogen and oxygen atoms in total. The average molecular weight is 285 g/mol. The van der Waals surface area contributed by atoms with E-state index >= 15 is 0 Å². The lowest BCUT2D eigenvalue weighted by Gasteiger charge is -2.40. The molecule has 0 spiro atoms. The van der Waals surface area contributed by atoms with E-state index < -0.39 is 0 Å². The Morgan fingerprint density at radius 3 is 2.81 bits per heavy atom. The summed E-state index contributed by atoms with van der Waals surface area (Å²) in [5.41, 5.74) is 3.68. The molecule has 1 aliphatic carbocycles. The Bertz CT molecular complexity index is 522. The molecule has 21 heavy (non-hydrogen) atoms. The molecule has 2 heteroatoms. The van der Waals surface area contributed by atoms with Gasteiger partial charge >= 0.3 is 0 Å². The van der Waals surface area contributed by atoms with Crippen molar-refractivity contribution in [3.63, 3.8) is 0 Å². The standard InChI is InChI=1S/C19H27NO/c1-13-7-8-14(2)16(11-13)12-19(21)18-10-9-15-5-3-4-6-17(15)20-18/h7-8,11,15,17-18,20H,3-6,9-10,12H2,1-2H3. The van der Waals surface area contributed by atoms with E-state index in [2.05, 4.69) is 37.4 Å². The number of benzene rings is 1. The van der Waals surface area contributed by atoms with Gasteiger partial charge in [0, 0.05) is 12.5 Å². The normalized spacial score (nSPS) is 29.0. The molecule has 1 aliphatic heterocycles. The number of aryl methyl sites for hydroxylation is 2. The number of fused-ring (bicyclic) bond motifs is 1. The van der Waals surface area contributed by atoms with E-state index in [1.165, 1.54) is 48.8 Å². The molecule has 2 fully saturated rings. The fourth-order valence-corrected chi connectivity index (χ4v) is 4.05.